The number of nitrogens with one attached hydrogen (secondary N) is 1. The summed E-state index contributed by atoms with van der Waals surface area (Å²) >= 11 is 0. The Labute approximate surface area is 183 Å². The van der Waals surface area contributed by atoms with Crippen LogP contribution in [0, 0.1) is 0 Å². The van der Waals surface area contributed by atoms with Gasteiger partial charge in [0.15, 0.2) is 0 Å². The predicted molar refractivity (Wildman–Crippen MR) is 120 cm³/mol. The number of benzene rings is 3. The molecular weight excluding hydrogens is 412 g/mol. The molecule has 3 aromatic carbocycles. The van der Waals surface area contributed by atoms with Gasteiger partial charge in [-0.3, -0.25) is 4.79 Å². The summed E-state index contributed by atoms with van der Waals surface area (Å²) in [7, 11) is -2.11. The van der Waals surface area contributed by atoms with Crippen LogP contribution in [0.15, 0.2) is 83.8 Å². The maximum atomic E-state index is 13.0. The number of ether oxygens (including phenoxy) is 1. The van der Waals surface area contributed by atoms with E-state index in [1.807, 2.05) is 30.3 Å². The molecule has 0 saturated carbocycles. The number of hydrogen-bond donors (Lipinski definition) is 1. The summed E-state index contributed by atoms with van der Waals surface area (Å²) in [6.07, 6.45) is 0. The lowest BCUT2D eigenvalue weighted by molar-refractivity contribution is 0.0951. The minimum atomic E-state index is -3.64. The van der Waals surface area contributed by atoms with Crippen molar-refractivity contribution >= 4 is 15.9 Å². The summed E-state index contributed by atoms with van der Waals surface area (Å²) in [4.78, 5) is 12.6. The Morgan fingerprint density at radius 2 is 1.55 bits per heavy atom. The van der Waals surface area contributed by atoms with Crippen LogP contribution in [0.1, 0.15) is 28.4 Å². The standard InChI is InChI=1S/C24H26N2O4S/c1-3-26(31(28,29)23-15-13-22(30-2)14-16-23)18-20-9-11-21(12-10-20)24(27)25-17-19-7-5-4-6-8-19/h4-16H,3,17-18H2,1-2H3,(H,25,27). The molecule has 162 valence electrons. The van der Waals surface area contributed by atoms with E-state index in [4.69, 9.17) is 4.74 Å². The average molecular weight is 439 g/mol. The fourth-order valence-corrected chi connectivity index (χ4v) is 4.55. The Morgan fingerprint density at radius 1 is 0.903 bits per heavy atom. The normalized spacial score (nSPS) is 11.3. The first-order valence-corrected chi connectivity index (χ1v) is 11.4. The van der Waals surface area contributed by atoms with Crippen LogP contribution >= 0.6 is 0 Å². The zero-order valence-corrected chi connectivity index (χ0v) is 18.4. The highest BCUT2D eigenvalue weighted by Crippen LogP contribution is 2.21. The molecule has 1 N–H and O–H groups in total. The number of rotatable bonds is 9. The third kappa shape index (κ3) is 5.71. The van der Waals surface area contributed by atoms with Crippen LogP contribution in [0.4, 0.5) is 0 Å². The second-order valence-electron chi connectivity index (χ2n) is 6.97. The van der Waals surface area contributed by atoms with Crippen molar-refractivity contribution in [1.82, 2.24) is 9.62 Å². The van der Waals surface area contributed by atoms with Crippen molar-refractivity contribution in [2.24, 2.45) is 0 Å². The van der Waals surface area contributed by atoms with Gasteiger partial charge in [0.2, 0.25) is 10.0 Å². The third-order valence-electron chi connectivity index (χ3n) is 4.92. The smallest absolute Gasteiger partial charge is 0.251 e. The van der Waals surface area contributed by atoms with Crippen molar-refractivity contribution in [3.8, 4) is 5.75 Å². The molecule has 6 nitrogen and oxygen atoms in total. The molecule has 31 heavy (non-hydrogen) atoms. The van der Waals surface area contributed by atoms with E-state index in [2.05, 4.69) is 5.32 Å². The zero-order valence-electron chi connectivity index (χ0n) is 17.6. The van der Waals surface area contributed by atoms with Gasteiger partial charge in [-0.05, 0) is 47.5 Å². The highest BCUT2D eigenvalue weighted by molar-refractivity contribution is 7.89. The molecule has 0 atom stereocenters. The molecule has 0 heterocycles. The molecule has 0 spiro atoms. The largest absolute Gasteiger partial charge is 0.497 e. The molecule has 7 heteroatoms. The molecule has 0 unspecified atom stereocenters. The summed E-state index contributed by atoms with van der Waals surface area (Å²) in [6.45, 7) is 2.79. The van der Waals surface area contributed by atoms with E-state index in [0.29, 0.717) is 24.4 Å². The minimum Gasteiger partial charge on any atom is -0.497 e. The van der Waals surface area contributed by atoms with Crippen LogP contribution < -0.4 is 10.1 Å². The van der Waals surface area contributed by atoms with Gasteiger partial charge in [-0.2, -0.15) is 4.31 Å². The second kappa shape index (κ2) is 10.2. The van der Waals surface area contributed by atoms with Gasteiger partial charge in [-0.15, -0.1) is 0 Å². The molecule has 0 aliphatic rings. The average Bonchev–Trinajstić information content (AvgIpc) is 2.82. The first-order valence-electron chi connectivity index (χ1n) is 9.99. The number of amides is 1. The monoisotopic (exact) mass is 438 g/mol. The van der Waals surface area contributed by atoms with Crippen LogP contribution in [-0.2, 0) is 23.1 Å². The van der Waals surface area contributed by atoms with E-state index in [1.54, 1.807) is 43.3 Å². The van der Waals surface area contributed by atoms with Crippen molar-refractivity contribution in [2.75, 3.05) is 13.7 Å². The molecular formula is C24H26N2O4S. The van der Waals surface area contributed by atoms with Crippen molar-refractivity contribution in [1.29, 1.82) is 0 Å². The molecule has 0 aromatic heterocycles. The first-order chi connectivity index (χ1) is 14.9. The summed E-state index contributed by atoms with van der Waals surface area (Å²) in [5, 5.41) is 2.89. The van der Waals surface area contributed by atoms with Gasteiger partial charge in [0, 0.05) is 25.2 Å². The number of hydrogen-bond acceptors (Lipinski definition) is 4. The zero-order chi connectivity index (χ0) is 22.3. The highest BCUT2D eigenvalue weighted by atomic mass is 32.2. The second-order valence-corrected chi connectivity index (χ2v) is 8.91. The number of nitrogens with zero attached hydrogens (tertiary/aromatic N) is 1. The van der Waals surface area contributed by atoms with Gasteiger partial charge in [-0.1, -0.05) is 49.4 Å². The van der Waals surface area contributed by atoms with Gasteiger partial charge in [0.05, 0.1) is 12.0 Å². The van der Waals surface area contributed by atoms with E-state index in [9.17, 15) is 13.2 Å². The molecule has 0 aliphatic carbocycles. The molecule has 1 amide bonds. The Balaban J connectivity index is 1.66. The fraction of sp³-hybridized carbons (Fsp3) is 0.208. The van der Waals surface area contributed by atoms with Crippen LogP contribution in [0.2, 0.25) is 0 Å². The lowest BCUT2D eigenvalue weighted by Crippen LogP contribution is -2.30. The molecule has 0 fully saturated rings. The topological polar surface area (TPSA) is 75.7 Å². The van der Waals surface area contributed by atoms with Gasteiger partial charge in [-0.25, -0.2) is 8.42 Å². The first kappa shape index (κ1) is 22.5. The van der Waals surface area contributed by atoms with Crippen molar-refractivity contribution in [3.05, 3.63) is 95.6 Å². The maximum absolute atomic E-state index is 13.0. The van der Waals surface area contributed by atoms with Crippen LogP contribution in [-0.4, -0.2) is 32.3 Å². The van der Waals surface area contributed by atoms with Crippen molar-refractivity contribution < 1.29 is 17.9 Å². The van der Waals surface area contributed by atoms with Crippen LogP contribution in [0.3, 0.4) is 0 Å². The Hall–Kier alpha value is -3.16. The van der Waals surface area contributed by atoms with E-state index in [1.165, 1.54) is 23.5 Å². The number of carbonyl (C=O) groups excluding carboxylic acids is 1. The molecule has 0 aliphatic heterocycles. The molecule has 3 aromatic rings. The Bertz CT molecular complexity index is 1100. The summed E-state index contributed by atoms with van der Waals surface area (Å²) in [6, 6.07) is 23.0. The fourth-order valence-electron chi connectivity index (χ4n) is 3.11. The lowest BCUT2D eigenvalue weighted by atomic mass is 10.1. The minimum absolute atomic E-state index is 0.173. The summed E-state index contributed by atoms with van der Waals surface area (Å²) in [5.74, 6) is 0.428. The molecule has 0 saturated heterocycles. The van der Waals surface area contributed by atoms with Gasteiger partial charge < -0.3 is 10.1 Å². The number of sulfonamides is 1. The van der Waals surface area contributed by atoms with Gasteiger partial charge >= 0.3 is 0 Å². The van der Waals surface area contributed by atoms with Crippen LogP contribution in [0.5, 0.6) is 5.75 Å². The Kier molecular flexibility index (Phi) is 7.44. The van der Waals surface area contributed by atoms with E-state index >= 15 is 0 Å². The lowest BCUT2D eigenvalue weighted by Gasteiger charge is -2.21. The molecule has 0 bridgehead atoms. The van der Waals surface area contributed by atoms with Crippen molar-refractivity contribution in [3.63, 3.8) is 0 Å². The number of carbonyl (C=O) groups is 1. The van der Waals surface area contributed by atoms with Crippen LogP contribution in [0.25, 0.3) is 0 Å². The predicted octanol–water partition coefficient (Wildman–Crippen LogP) is 3.84. The van der Waals surface area contributed by atoms with E-state index in [-0.39, 0.29) is 17.3 Å². The quantitative estimate of drug-likeness (QED) is 0.551. The van der Waals surface area contributed by atoms with E-state index in [0.717, 1.165) is 11.1 Å². The number of methoxy groups -OCH3 is 1. The molecule has 0 radical (unpaired) electrons. The summed E-state index contributed by atoms with van der Waals surface area (Å²) < 4.78 is 32.5. The van der Waals surface area contributed by atoms with Gasteiger partial charge in [0.1, 0.15) is 5.75 Å². The SMILES string of the molecule is CCN(Cc1ccc(C(=O)NCc2ccccc2)cc1)S(=O)(=O)c1ccc(OC)cc1. The highest BCUT2D eigenvalue weighted by Gasteiger charge is 2.23. The van der Waals surface area contributed by atoms with Crippen molar-refractivity contribution in [2.45, 2.75) is 24.9 Å². The third-order valence-corrected chi connectivity index (χ3v) is 6.86. The molecule has 3 rings (SSSR count). The maximum Gasteiger partial charge on any atom is 0.251 e. The van der Waals surface area contributed by atoms with E-state index < -0.39 is 10.0 Å². The van der Waals surface area contributed by atoms with Gasteiger partial charge in [0.25, 0.3) is 5.91 Å². The Morgan fingerprint density at radius 3 is 2.13 bits per heavy atom. The summed E-state index contributed by atoms with van der Waals surface area (Å²) in [5.41, 5.74) is 2.36.